The highest BCUT2D eigenvalue weighted by Crippen LogP contribution is 2.35. The van der Waals surface area contributed by atoms with Crippen LogP contribution in [-0.2, 0) is 0 Å². The number of nitrogens with one attached hydrogen (secondary N) is 1. The SMILES string of the molecule is CNc1ccc(-c2cc3ccc(OC[C@H](O)C[19F])cc3s2)cn1. The number of hydrogen-bond donors (Lipinski definition) is 2. The van der Waals surface area contributed by atoms with Gasteiger partial charge in [0.1, 0.15) is 31.0 Å². The summed E-state index contributed by atoms with van der Waals surface area (Å²) in [4.78, 5) is 5.45. The number of pyridine rings is 1. The van der Waals surface area contributed by atoms with Crippen molar-refractivity contribution in [1.82, 2.24) is 4.98 Å². The van der Waals surface area contributed by atoms with Gasteiger partial charge in [-0.15, -0.1) is 11.3 Å². The first kappa shape index (κ1) is 15.7. The highest BCUT2D eigenvalue weighted by Gasteiger charge is 2.08. The molecule has 0 radical (unpaired) electrons. The lowest BCUT2D eigenvalue weighted by atomic mass is 10.2. The average Bonchev–Trinajstić information content (AvgIpc) is 3.03. The van der Waals surface area contributed by atoms with Crippen LogP contribution >= 0.6 is 11.3 Å². The van der Waals surface area contributed by atoms with Crippen LogP contribution in [0.15, 0.2) is 42.6 Å². The van der Waals surface area contributed by atoms with Gasteiger partial charge in [-0.05, 0) is 41.8 Å². The van der Waals surface area contributed by atoms with Crippen LogP contribution in [0.5, 0.6) is 5.75 Å². The van der Waals surface area contributed by atoms with Gasteiger partial charge in [0.05, 0.1) is 0 Å². The number of aromatic nitrogens is 1. The molecule has 0 spiro atoms. The average molecular weight is 332 g/mol. The van der Waals surface area contributed by atoms with Crippen molar-refractivity contribution in [3.05, 3.63) is 42.6 Å². The summed E-state index contributed by atoms with van der Waals surface area (Å²) < 4.78 is 18.7. The predicted molar refractivity (Wildman–Crippen MR) is 92.1 cm³/mol. The first-order valence-electron chi connectivity index (χ1n) is 7.24. The lowest BCUT2D eigenvalue weighted by molar-refractivity contribution is 0.0842. The summed E-state index contributed by atoms with van der Waals surface area (Å²) in [7, 11) is 1.84. The fraction of sp³-hybridized carbons (Fsp3) is 0.235. The zero-order valence-electron chi connectivity index (χ0n) is 12.6. The largest absolute Gasteiger partial charge is 0.491 e. The molecule has 4 nitrogen and oxygen atoms in total. The molecular formula is C17H17FN2O2S. The van der Waals surface area contributed by atoms with Crippen LogP contribution in [0.4, 0.5) is 10.2 Å². The fourth-order valence-electron chi connectivity index (χ4n) is 2.17. The topological polar surface area (TPSA) is 54.4 Å². The quantitative estimate of drug-likeness (QED) is 0.722. The molecule has 2 heterocycles. The third kappa shape index (κ3) is 3.60. The molecule has 23 heavy (non-hydrogen) atoms. The number of aliphatic hydroxyl groups excluding tert-OH is 1. The molecule has 3 aromatic rings. The van der Waals surface area contributed by atoms with E-state index in [9.17, 15) is 9.50 Å². The molecule has 120 valence electrons. The van der Waals surface area contributed by atoms with Crippen LogP contribution in [-0.4, -0.2) is 36.5 Å². The molecule has 2 aromatic heterocycles. The second-order valence-electron chi connectivity index (χ2n) is 5.11. The molecule has 0 unspecified atom stereocenters. The van der Waals surface area contributed by atoms with Crippen molar-refractivity contribution in [1.29, 1.82) is 0 Å². The van der Waals surface area contributed by atoms with Crippen LogP contribution in [0.3, 0.4) is 0 Å². The molecule has 0 aliphatic rings. The maximum Gasteiger partial charge on any atom is 0.125 e. The van der Waals surface area contributed by atoms with Gasteiger partial charge in [-0.25, -0.2) is 9.37 Å². The normalized spacial score (nSPS) is 12.3. The van der Waals surface area contributed by atoms with Crippen LogP contribution in [0, 0.1) is 0 Å². The summed E-state index contributed by atoms with van der Waals surface area (Å²) in [5.41, 5.74) is 1.06. The Hall–Kier alpha value is -2.18. The Labute approximate surface area is 137 Å². The number of benzene rings is 1. The molecule has 0 amide bonds. The number of ether oxygens (including phenoxy) is 1. The minimum atomic E-state index is -1.08. The summed E-state index contributed by atoms with van der Waals surface area (Å²) in [5, 5.41) is 13.3. The van der Waals surface area contributed by atoms with Crippen LogP contribution < -0.4 is 10.1 Å². The number of aliphatic hydroxyl groups is 1. The van der Waals surface area contributed by atoms with Gasteiger partial charge in [-0.3, -0.25) is 0 Å². The summed E-state index contributed by atoms with van der Waals surface area (Å²) >= 11 is 1.64. The van der Waals surface area contributed by atoms with Gasteiger partial charge >= 0.3 is 0 Å². The van der Waals surface area contributed by atoms with E-state index < -0.39 is 12.8 Å². The van der Waals surface area contributed by atoms with E-state index in [0.29, 0.717) is 5.75 Å². The van der Waals surface area contributed by atoms with E-state index >= 15 is 0 Å². The summed E-state index contributed by atoms with van der Waals surface area (Å²) in [6, 6.07) is 11.8. The number of anilines is 1. The summed E-state index contributed by atoms with van der Waals surface area (Å²) in [5.74, 6) is 1.46. The standard InChI is InChI=1S/C17H17FN2O2S/c1-19-17-5-3-12(9-20-17)15-6-11-2-4-14(7-16(11)23-15)22-10-13(21)8-18/h2-7,9,13,21H,8,10H2,1H3,(H,19,20)/t13-/m1/s1/i18+0. The molecule has 6 heteroatoms. The minimum Gasteiger partial charge on any atom is -0.491 e. The molecule has 0 bridgehead atoms. The van der Waals surface area contributed by atoms with E-state index in [-0.39, 0.29) is 6.61 Å². The van der Waals surface area contributed by atoms with Gasteiger partial charge in [0.25, 0.3) is 0 Å². The lowest BCUT2D eigenvalue weighted by Gasteiger charge is -2.08. The molecular weight excluding hydrogens is 315 g/mol. The van der Waals surface area contributed by atoms with Gasteiger partial charge < -0.3 is 15.2 Å². The van der Waals surface area contributed by atoms with E-state index in [2.05, 4.69) is 16.4 Å². The van der Waals surface area contributed by atoms with Crippen molar-refractivity contribution in [2.24, 2.45) is 0 Å². The van der Waals surface area contributed by atoms with E-state index in [1.54, 1.807) is 11.3 Å². The zero-order valence-corrected chi connectivity index (χ0v) is 13.4. The number of alkyl halides is 1. The molecule has 2 N–H and O–H groups in total. The maximum absolute atomic E-state index is 12.2. The first-order chi connectivity index (χ1) is 11.2. The number of halogens is 1. The number of nitrogens with zero attached hydrogens (tertiary/aromatic N) is 1. The van der Waals surface area contributed by atoms with Gasteiger partial charge in [0.2, 0.25) is 0 Å². The zero-order chi connectivity index (χ0) is 16.2. The van der Waals surface area contributed by atoms with Crippen LogP contribution in [0.25, 0.3) is 20.5 Å². The molecule has 0 saturated heterocycles. The van der Waals surface area contributed by atoms with Crippen molar-refractivity contribution in [2.75, 3.05) is 25.6 Å². The minimum absolute atomic E-state index is 0.0460. The second kappa shape index (κ2) is 6.93. The van der Waals surface area contributed by atoms with Gasteiger partial charge in [0.15, 0.2) is 0 Å². The Bertz CT molecular complexity index is 789. The lowest BCUT2D eigenvalue weighted by Crippen LogP contribution is -2.19. The first-order valence-corrected chi connectivity index (χ1v) is 8.06. The van der Waals surface area contributed by atoms with Gasteiger partial charge in [0, 0.05) is 28.4 Å². The highest BCUT2D eigenvalue weighted by atomic mass is 32.1. The van der Waals surface area contributed by atoms with Crippen molar-refractivity contribution in [2.45, 2.75) is 6.10 Å². The third-order valence-electron chi connectivity index (χ3n) is 3.42. The molecule has 0 aliphatic heterocycles. The molecule has 1 atom stereocenters. The predicted octanol–water partition coefficient (Wildman–Crippen LogP) is 3.71. The van der Waals surface area contributed by atoms with Crippen molar-refractivity contribution < 1.29 is 14.2 Å². The molecule has 3 rings (SSSR count). The van der Waals surface area contributed by atoms with Crippen molar-refractivity contribution in [3.8, 4) is 16.2 Å². The van der Waals surface area contributed by atoms with Crippen molar-refractivity contribution in [3.63, 3.8) is 0 Å². The van der Waals surface area contributed by atoms with Crippen molar-refractivity contribution >= 4 is 27.2 Å². The Morgan fingerprint density at radius 3 is 2.87 bits per heavy atom. The molecule has 0 fully saturated rings. The number of thiophene rings is 1. The Morgan fingerprint density at radius 2 is 2.17 bits per heavy atom. The Balaban J connectivity index is 1.83. The highest BCUT2D eigenvalue weighted by molar-refractivity contribution is 7.22. The molecule has 1 aromatic carbocycles. The Kier molecular flexibility index (Phi) is 4.73. The number of rotatable bonds is 6. The third-order valence-corrected chi connectivity index (χ3v) is 4.56. The fourth-order valence-corrected chi connectivity index (χ4v) is 3.25. The summed E-state index contributed by atoms with van der Waals surface area (Å²) in [6.45, 7) is -0.851. The van der Waals surface area contributed by atoms with Gasteiger partial charge in [-0.1, -0.05) is 0 Å². The summed E-state index contributed by atoms with van der Waals surface area (Å²) in [6.07, 6.45) is 0.757. The molecule has 0 aliphatic carbocycles. The second-order valence-corrected chi connectivity index (χ2v) is 6.20. The van der Waals surface area contributed by atoms with Crippen LogP contribution in [0.1, 0.15) is 0 Å². The van der Waals surface area contributed by atoms with E-state index in [0.717, 1.165) is 26.3 Å². The smallest absolute Gasteiger partial charge is 0.125 e. The number of fused-ring (bicyclic) bond motifs is 1. The molecule has 0 saturated carbocycles. The van der Waals surface area contributed by atoms with Crippen LogP contribution in [0.2, 0.25) is 0 Å². The van der Waals surface area contributed by atoms with Gasteiger partial charge in [-0.2, -0.15) is 0 Å². The van der Waals surface area contributed by atoms with E-state index in [1.165, 1.54) is 0 Å². The Morgan fingerprint density at radius 1 is 1.30 bits per heavy atom. The monoisotopic (exact) mass is 332 g/mol. The van der Waals surface area contributed by atoms with E-state index in [4.69, 9.17) is 4.74 Å². The van der Waals surface area contributed by atoms with E-state index in [1.807, 2.05) is 43.6 Å². The maximum atomic E-state index is 12.2. The number of hydrogen-bond acceptors (Lipinski definition) is 5.